The number of aromatic nitrogens is 1. The number of hydrogen-bond acceptors (Lipinski definition) is 3. The molecule has 116 valence electrons. The van der Waals surface area contributed by atoms with Gasteiger partial charge in [-0.3, -0.25) is 14.5 Å². The molecule has 0 spiro atoms. The Morgan fingerprint density at radius 3 is 2.48 bits per heavy atom. The second-order valence-corrected chi connectivity index (χ2v) is 5.98. The predicted molar refractivity (Wildman–Crippen MR) is 81.6 cm³/mol. The number of rotatable bonds is 4. The Morgan fingerprint density at radius 1 is 1.38 bits per heavy atom. The molecule has 1 fully saturated rings. The molecule has 1 aromatic heterocycles. The van der Waals surface area contributed by atoms with Crippen LogP contribution in [0.5, 0.6) is 0 Å². The smallest absolute Gasteiger partial charge is 0.268 e. The van der Waals surface area contributed by atoms with Crippen molar-refractivity contribution in [3.8, 4) is 0 Å². The van der Waals surface area contributed by atoms with Gasteiger partial charge >= 0.3 is 0 Å². The van der Waals surface area contributed by atoms with Crippen molar-refractivity contribution in [2.45, 2.75) is 18.9 Å². The third-order valence-corrected chi connectivity index (χ3v) is 4.49. The first kappa shape index (κ1) is 16.1. The van der Waals surface area contributed by atoms with Crippen molar-refractivity contribution in [1.82, 2.24) is 14.8 Å². The lowest BCUT2D eigenvalue weighted by molar-refractivity contribution is -0.119. The number of amides is 2. The fourth-order valence-corrected chi connectivity index (χ4v) is 2.85. The van der Waals surface area contributed by atoms with Crippen molar-refractivity contribution >= 4 is 35.0 Å². The van der Waals surface area contributed by atoms with Crippen LogP contribution in [0.2, 0.25) is 10.2 Å². The van der Waals surface area contributed by atoms with Crippen molar-refractivity contribution < 1.29 is 9.59 Å². The zero-order valence-electron chi connectivity index (χ0n) is 11.7. The average molecular weight is 333 g/mol. The van der Waals surface area contributed by atoms with Crippen molar-refractivity contribution in [2.24, 2.45) is 12.8 Å². The van der Waals surface area contributed by atoms with Crippen molar-refractivity contribution in [1.29, 1.82) is 0 Å². The van der Waals surface area contributed by atoms with Gasteiger partial charge in [0, 0.05) is 26.2 Å². The van der Waals surface area contributed by atoms with E-state index in [1.54, 1.807) is 17.7 Å². The highest BCUT2D eigenvalue weighted by atomic mass is 35.5. The molecule has 8 heteroatoms. The van der Waals surface area contributed by atoms with Gasteiger partial charge in [-0.1, -0.05) is 23.2 Å². The second-order valence-electron chi connectivity index (χ2n) is 5.22. The first-order chi connectivity index (χ1) is 9.88. The fourth-order valence-electron chi connectivity index (χ4n) is 2.48. The molecule has 0 aliphatic carbocycles. The Hall–Kier alpha value is -1.24. The highest BCUT2D eigenvalue weighted by Gasteiger charge is 2.23. The van der Waals surface area contributed by atoms with Crippen LogP contribution in [-0.4, -0.2) is 47.0 Å². The van der Waals surface area contributed by atoms with E-state index in [1.807, 2.05) is 4.90 Å². The SMILES string of the molecule is Cn1c(C(=O)NC2CCN(CC(N)=O)CC2)cc(Cl)c1Cl. The van der Waals surface area contributed by atoms with Gasteiger partial charge in [-0.25, -0.2) is 0 Å². The zero-order chi connectivity index (χ0) is 15.6. The summed E-state index contributed by atoms with van der Waals surface area (Å²) in [5.41, 5.74) is 5.60. The Labute approximate surface area is 133 Å². The summed E-state index contributed by atoms with van der Waals surface area (Å²) in [5, 5.41) is 3.68. The Balaban J connectivity index is 1.90. The molecule has 0 bridgehead atoms. The maximum absolute atomic E-state index is 12.2. The molecule has 1 saturated heterocycles. The largest absolute Gasteiger partial charge is 0.369 e. The molecule has 2 heterocycles. The van der Waals surface area contributed by atoms with E-state index >= 15 is 0 Å². The van der Waals surface area contributed by atoms with Crippen molar-refractivity contribution in [3.05, 3.63) is 21.9 Å². The van der Waals surface area contributed by atoms with Gasteiger partial charge in [0.25, 0.3) is 5.91 Å². The molecular weight excluding hydrogens is 315 g/mol. The van der Waals surface area contributed by atoms with E-state index in [-0.39, 0.29) is 24.4 Å². The van der Waals surface area contributed by atoms with E-state index in [2.05, 4.69) is 5.32 Å². The summed E-state index contributed by atoms with van der Waals surface area (Å²) in [5.74, 6) is -0.523. The standard InChI is InChI=1S/C13H18Cl2N4O2/c1-18-10(6-9(14)12(18)15)13(21)17-8-2-4-19(5-3-8)7-11(16)20/h6,8H,2-5,7H2,1H3,(H2,16,20)(H,17,21). The van der Waals surface area contributed by atoms with Gasteiger partial charge in [-0.05, 0) is 18.9 Å². The number of primary amides is 1. The maximum atomic E-state index is 12.2. The van der Waals surface area contributed by atoms with Gasteiger partial charge in [-0.2, -0.15) is 0 Å². The van der Waals surface area contributed by atoms with E-state index in [9.17, 15) is 9.59 Å². The highest BCUT2D eigenvalue weighted by Crippen LogP contribution is 2.25. The summed E-state index contributed by atoms with van der Waals surface area (Å²) in [7, 11) is 1.69. The number of nitrogens with zero attached hydrogens (tertiary/aromatic N) is 2. The van der Waals surface area contributed by atoms with Crippen LogP contribution >= 0.6 is 23.2 Å². The number of hydrogen-bond donors (Lipinski definition) is 2. The zero-order valence-corrected chi connectivity index (χ0v) is 13.2. The third-order valence-electron chi connectivity index (χ3n) is 3.65. The lowest BCUT2D eigenvalue weighted by Gasteiger charge is -2.31. The molecule has 0 atom stereocenters. The number of halogens is 2. The number of nitrogens with one attached hydrogen (secondary N) is 1. The molecule has 1 aliphatic rings. The van der Waals surface area contributed by atoms with Gasteiger partial charge < -0.3 is 15.6 Å². The lowest BCUT2D eigenvalue weighted by atomic mass is 10.0. The van der Waals surface area contributed by atoms with E-state index in [4.69, 9.17) is 28.9 Å². The molecule has 6 nitrogen and oxygen atoms in total. The summed E-state index contributed by atoms with van der Waals surface area (Å²) in [4.78, 5) is 25.1. The van der Waals surface area contributed by atoms with Crippen LogP contribution < -0.4 is 11.1 Å². The van der Waals surface area contributed by atoms with Crippen LogP contribution in [0, 0.1) is 0 Å². The van der Waals surface area contributed by atoms with E-state index in [1.165, 1.54) is 0 Å². The van der Waals surface area contributed by atoms with Crippen LogP contribution in [0.3, 0.4) is 0 Å². The normalized spacial score (nSPS) is 16.9. The first-order valence-corrected chi connectivity index (χ1v) is 7.46. The van der Waals surface area contributed by atoms with Gasteiger partial charge in [0.1, 0.15) is 10.8 Å². The van der Waals surface area contributed by atoms with Gasteiger partial charge in [0.2, 0.25) is 5.91 Å². The van der Waals surface area contributed by atoms with Gasteiger partial charge in [0.15, 0.2) is 0 Å². The number of piperidine rings is 1. The summed E-state index contributed by atoms with van der Waals surface area (Å²) in [6.07, 6.45) is 1.57. The molecule has 1 aromatic rings. The Morgan fingerprint density at radius 2 is 2.00 bits per heavy atom. The minimum Gasteiger partial charge on any atom is -0.369 e. The quantitative estimate of drug-likeness (QED) is 0.863. The molecule has 0 unspecified atom stereocenters. The number of nitrogens with two attached hydrogens (primary N) is 1. The molecular formula is C13H18Cl2N4O2. The number of likely N-dealkylation sites (tertiary alicyclic amines) is 1. The van der Waals surface area contributed by atoms with E-state index < -0.39 is 0 Å². The molecule has 2 rings (SSSR count). The Bertz CT molecular complexity index is 551. The minimum absolute atomic E-state index is 0.0778. The lowest BCUT2D eigenvalue weighted by Crippen LogP contribution is -2.47. The molecule has 21 heavy (non-hydrogen) atoms. The maximum Gasteiger partial charge on any atom is 0.268 e. The highest BCUT2D eigenvalue weighted by molar-refractivity contribution is 6.41. The minimum atomic E-state index is -0.328. The van der Waals surface area contributed by atoms with E-state index in [0.717, 1.165) is 25.9 Å². The van der Waals surface area contributed by atoms with Crippen LogP contribution in [0.15, 0.2) is 6.07 Å². The van der Waals surface area contributed by atoms with Crippen LogP contribution in [0.25, 0.3) is 0 Å². The second kappa shape index (κ2) is 6.68. The molecule has 0 saturated carbocycles. The van der Waals surface area contributed by atoms with E-state index in [0.29, 0.717) is 15.9 Å². The van der Waals surface area contributed by atoms with Gasteiger partial charge in [0.05, 0.1) is 11.6 Å². The molecule has 3 N–H and O–H groups in total. The third kappa shape index (κ3) is 3.90. The summed E-state index contributed by atoms with van der Waals surface area (Å²) in [6, 6.07) is 1.63. The summed E-state index contributed by atoms with van der Waals surface area (Å²) < 4.78 is 1.56. The number of carbonyl (C=O) groups is 2. The predicted octanol–water partition coefficient (Wildman–Crippen LogP) is 1.01. The summed E-state index contributed by atoms with van der Waals surface area (Å²) in [6.45, 7) is 1.74. The topological polar surface area (TPSA) is 80.4 Å². The molecule has 0 aromatic carbocycles. The molecule has 2 amide bonds. The van der Waals surface area contributed by atoms with Crippen molar-refractivity contribution in [3.63, 3.8) is 0 Å². The summed E-state index contributed by atoms with van der Waals surface area (Å²) >= 11 is 11.9. The van der Waals surface area contributed by atoms with Crippen LogP contribution in [-0.2, 0) is 11.8 Å². The number of carbonyl (C=O) groups excluding carboxylic acids is 2. The Kier molecular flexibility index (Phi) is 5.13. The average Bonchev–Trinajstić information content (AvgIpc) is 2.68. The first-order valence-electron chi connectivity index (χ1n) is 6.70. The fraction of sp³-hybridized carbons (Fsp3) is 0.538. The van der Waals surface area contributed by atoms with Crippen LogP contribution in [0.4, 0.5) is 0 Å². The van der Waals surface area contributed by atoms with Crippen molar-refractivity contribution in [2.75, 3.05) is 19.6 Å². The monoisotopic (exact) mass is 332 g/mol. The van der Waals surface area contributed by atoms with Gasteiger partial charge in [-0.15, -0.1) is 0 Å². The molecule has 1 aliphatic heterocycles. The van der Waals surface area contributed by atoms with Crippen LogP contribution in [0.1, 0.15) is 23.3 Å². The molecule has 0 radical (unpaired) electrons.